The van der Waals surface area contributed by atoms with Crippen LogP contribution in [-0.2, 0) is 13.1 Å². The van der Waals surface area contributed by atoms with E-state index in [2.05, 4.69) is 41.1 Å². The Morgan fingerprint density at radius 3 is 2.15 bits per heavy atom. The molecule has 3 heterocycles. The van der Waals surface area contributed by atoms with Gasteiger partial charge in [-0.3, -0.25) is 4.90 Å². The highest BCUT2D eigenvalue weighted by Crippen LogP contribution is 2.44. The van der Waals surface area contributed by atoms with Crippen LogP contribution in [0.2, 0.25) is 0 Å². The van der Waals surface area contributed by atoms with Crippen molar-refractivity contribution < 1.29 is 0 Å². The van der Waals surface area contributed by atoms with Crippen LogP contribution in [0.25, 0.3) is 0 Å². The van der Waals surface area contributed by atoms with E-state index >= 15 is 0 Å². The monoisotopic (exact) mass is 271 g/mol. The van der Waals surface area contributed by atoms with Gasteiger partial charge in [-0.2, -0.15) is 0 Å². The molecule has 0 radical (unpaired) electrons. The van der Waals surface area contributed by atoms with Crippen molar-refractivity contribution in [1.82, 2.24) is 9.80 Å². The van der Waals surface area contributed by atoms with Gasteiger partial charge in [0.05, 0.1) is 0 Å². The average molecular weight is 271 g/mol. The molecular weight excluding hydrogens is 246 g/mol. The number of benzene rings is 1. The van der Waals surface area contributed by atoms with E-state index < -0.39 is 0 Å². The lowest BCUT2D eigenvalue weighted by atomic mass is 9.81. The summed E-state index contributed by atoms with van der Waals surface area (Å²) in [6.45, 7) is 2.99. The maximum atomic E-state index is 6.29. The van der Waals surface area contributed by atoms with Gasteiger partial charge in [-0.05, 0) is 43.9 Å². The first kappa shape index (κ1) is 12.8. The topological polar surface area (TPSA) is 32.5 Å². The summed E-state index contributed by atoms with van der Waals surface area (Å²) in [4.78, 5) is 5.28. The van der Waals surface area contributed by atoms with Gasteiger partial charge in [-0.25, -0.2) is 0 Å². The number of hydrogen-bond acceptors (Lipinski definition) is 3. The molecule has 108 valence electrons. The van der Waals surface area contributed by atoms with Crippen molar-refractivity contribution in [3.8, 4) is 0 Å². The minimum atomic E-state index is 0.233. The molecule has 0 aromatic heterocycles. The zero-order valence-electron chi connectivity index (χ0n) is 12.4. The lowest BCUT2D eigenvalue weighted by Gasteiger charge is -2.49. The predicted octanol–water partition coefficient (Wildman–Crippen LogP) is 1.96. The van der Waals surface area contributed by atoms with Gasteiger partial charge in [0.2, 0.25) is 0 Å². The van der Waals surface area contributed by atoms with Gasteiger partial charge < -0.3 is 10.6 Å². The molecule has 20 heavy (non-hydrogen) atoms. The van der Waals surface area contributed by atoms with Crippen molar-refractivity contribution in [2.75, 3.05) is 13.6 Å². The summed E-state index contributed by atoms with van der Waals surface area (Å²) in [5.74, 6) is 0. The second-order valence-electron chi connectivity index (χ2n) is 7.01. The van der Waals surface area contributed by atoms with Crippen LogP contribution in [0.3, 0.4) is 0 Å². The number of fused-ring (bicyclic) bond motifs is 3. The van der Waals surface area contributed by atoms with E-state index in [0.717, 1.165) is 31.7 Å². The summed E-state index contributed by atoms with van der Waals surface area (Å²) in [7, 11) is 2.31. The van der Waals surface area contributed by atoms with Crippen molar-refractivity contribution in [3.63, 3.8) is 0 Å². The van der Waals surface area contributed by atoms with Crippen LogP contribution in [0.5, 0.6) is 0 Å². The van der Waals surface area contributed by atoms with Crippen LogP contribution in [0.1, 0.15) is 36.8 Å². The molecule has 2 saturated heterocycles. The van der Waals surface area contributed by atoms with E-state index in [-0.39, 0.29) is 5.54 Å². The molecule has 3 aliphatic rings. The van der Waals surface area contributed by atoms with Crippen LogP contribution in [-0.4, -0.2) is 41.0 Å². The molecule has 2 unspecified atom stereocenters. The first-order chi connectivity index (χ1) is 9.72. The van der Waals surface area contributed by atoms with Crippen LogP contribution in [0.4, 0.5) is 0 Å². The quantitative estimate of drug-likeness (QED) is 0.892. The summed E-state index contributed by atoms with van der Waals surface area (Å²) >= 11 is 0. The molecule has 1 aromatic rings. The van der Waals surface area contributed by atoms with Crippen LogP contribution in [0, 0.1) is 0 Å². The Hall–Kier alpha value is -0.900. The van der Waals surface area contributed by atoms with Crippen LogP contribution in [0.15, 0.2) is 24.3 Å². The zero-order valence-corrected chi connectivity index (χ0v) is 12.4. The number of piperidine rings is 1. The minimum absolute atomic E-state index is 0.233. The molecule has 3 heteroatoms. The molecule has 4 rings (SSSR count). The Kier molecular flexibility index (Phi) is 2.92. The van der Waals surface area contributed by atoms with E-state index in [4.69, 9.17) is 5.73 Å². The lowest BCUT2D eigenvalue weighted by Crippen LogP contribution is -2.60. The van der Waals surface area contributed by atoms with Crippen molar-refractivity contribution in [2.45, 2.75) is 56.4 Å². The first-order valence-corrected chi connectivity index (χ1v) is 7.96. The molecular formula is C17H25N3. The molecule has 0 saturated carbocycles. The number of rotatable bonds is 2. The van der Waals surface area contributed by atoms with Crippen molar-refractivity contribution in [2.24, 2.45) is 5.73 Å². The summed E-state index contributed by atoms with van der Waals surface area (Å²) in [6.07, 6.45) is 5.24. The summed E-state index contributed by atoms with van der Waals surface area (Å²) < 4.78 is 0. The molecule has 3 nitrogen and oxygen atoms in total. The van der Waals surface area contributed by atoms with Gasteiger partial charge in [-0.1, -0.05) is 24.3 Å². The largest absolute Gasteiger partial charge is 0.329 e. The third kappa shape index (κ3) is 1.77. The predicted molar refractivity (Wildman–Crippen MR) is 81.3 cm³/mol. The molecule has 3 aliphatic heterocycles. The Morgan fingerprint density at radius 2 is 1.65 bits per heavy atom. The van der Waals surface area contributed by atoms with Crippen molar-refractivity contribution in [1.29, 1.82) is 0 Å². The number of hydrogen-bond donors (Lipinski definition) is 1. The fourth-order valence-corrected chi connectivity index (χ4v) is 4.77. The normalized spacial score (nSPS) is 37.3. The maximum Gasteiger partial charge on any atom is 0.0368 e. The van der Waals surface area contributed by atoms with E-state index in [1.807, 2.05) is 0 Å². The first-order valence-electron chi connectivity index (χ1n) is 7.96. The molecule has 2 atom stereocenters. The SMILES string of the molecule is CN1C2CCC1CC(CN)(N1Cc3ccccc3C1)C2. The van der Waals surface area contributed by atoms with Crippen LogP contribution >= 0.6 is 0 Å². The Morgan fingerprint density at radius 1 is 1.10 bits per heavy atom. The summed E-state index contributed by atoms with van der Waals surface area (Å²) in [6, 6.07) is 10.4. The van der Waals surface area contributed by atoms with E-state index in [0.29, 0.717) is 0 Å². The van der Waals surface area contributed by atoms with Gasteiger partial charge in [0.25, 0.3) is 0 Å². The molecule has 2 N–H and O–H groups in total. The fraction of sp³-hybridized carbons (Fsp3) is 0.647. The average Bonchev–Trinajstić information content (AvgIpc) is 2.98. The molecule has 0 amide bonds. The Balaban J connectivity index is 1.61. The van der Waals surface area contributed by atoms with Gasteiger partial charge in [0.1, 0.15) is 0 Å². The molecule has 2 fully saturated rings. The smallest absolute Gasteiger partial charge is 0.0368 e. The standard InChI is InChI=1S/C17H25N3/c1-19-15-6-7-16(19)9-17(8-15,12-18)20-10-13-4-2-3-5-14(13)11-20/h2-5,15-16H,6-12,18H2,1H3. The molecule has 2 bridgehead atoms. The van der Waals surface area contributed by atoms with Crippen molar-refractivity contribution >= 4 is 0 Å². The lowest BCUT2D eigenvalue weighted by molar-refractivity contribution is -0.00211. The second-order valence-corrected chi connectivity index (χ2v) is 7.01. The number of nitrogens with two attached hydrogens (primary N) is 1. The highest BCUT2D eigenvalue weighted by molar-refractivity contribution is 5.31. The number of nitrogens with zero attached hydrogens (tertiary/aromatic N) is 2. The molecule has 0 aliphatic carbocycles. The van der Waals surface area contributed by atoms with Gasteiger partial charge in [0, 0.05) is 37.3 Å². The third-order valence-electron chi connectivity index (χ3n) is 6.11. The van der Waals surface area contributed by atoms with Gasteiger partial charge >= 0.3 is 0 Å². The fourth-order valence-electron chi connectivity index (χ4n) is 4.77. The summed E-state index contributed by atoms with van der Waals surface area (Å²) in [5.41, 5.74) is 9.54. The second kappa shape index (κ2) is 4.55. The molecule has 1 aromatic carbocycles. The van der Waals surface area contributed by atoms with E-state index in [1.165, 1.54) is 36.8 Å². The minimum Gasteiger partial charge on any atom is -0.329 e. The van der Waals surface area contributed by atoms with Gasteiger partial charge in [0.15, 0.2) is 0 Å². The van der Waals surface area contributed by atoms with E-state index in [9.17, 15) is 0 Å². The van der Waals surface area contributed by atoms with E-state index in [1.54, 1.807) is 0 Å². The Bertz CT molecular complexity index is 474. The zero-order chi connectivity index (χ0) is 13.7. The van der Waals surface area contributed by atoms with Crippen molar-refractivity contribution in [3.05, 3.63) is 35.4 Å². The third-order valence-corrected chi connectivity index (χ3v) is 6.11. The Labute approximate surface area is 121 Å². The summed E-state index contributed by atoms with van der Waals surface area (Å²) in [5, 5.41) is 0. The maximum absolute atomic E-state index is 6.29. The highest BCUT2D eigenvalue weighted by atomic mass is 15.3. The molecule has 0 spiro atoms. The van der Waals surface area contributed by atoms with Crippen LogP contribution < -0.4 is 5.73 Å². The highest BCUT2D eigenvalue weighted by Gasteiger charge is 2.49. The van der Waals surface area contributed by atoms with Gasteiger partial charge in [-0.15, -0.1) is 0 Å².